The smallest absolute Gasteiger partial charge is 0.332 e. The van der Waals surface area contributed by atoms with Gasteiger partial charge in [0.05, 0.1) is 19.1 Å². The van der Waals surface area contributed by atoms with E-state index in [1.807, 2.05) is 0 Å². The molecular formula is C12H18O5. The highest BCUT2D eigenvalue weighted by molar-refractivity contribution is 5.81. The predicted molar refractivity (Wildman–Crippen MR) is 60.0 cm³/mol. The third-order valence-electron chi connectivity index (χ3n) is 2.88. The van der Waals surface area contributed by atoms with Crippen LogP contribution in [0, 0.1) is 5.92 Å². The average Bonchev–Trinajstić information content (AvgIpc) is 2.38. The first-order valence-corrected chi connectivity index (χ1v) is 5.66. The lowest BCUT2D eigenvalue weighted by Gasteiger charge is -2.26. The van der Waals surface area contributed by atoms with Gasteiger partial charge in [0.15, 0.2) is 6.79 Å². The minimum Gasteiger partial charge on any atom is -0.469 e. The summed E-state index contributed by atoms with van der Waals surface area (Å²) in [6.45, 7) is 3.23. The van der Waals surface area contributed by atoms with Crippen molar-refractivity contribution in [2.75, 3.05) is 13.9 Å². The first kappa shape index (κ1) is 13.7. The number of ether oxygens (including phenoxy) is 3. The van der Waals surface area contributed by atoms with Crippen molar-refractivity contribution in [3.05, 3.63) is 12.7 Å². The molecule has 0 aliphatic heterocycles. The molecule has 0 aromatic heterocycles. The number of hydrogen-bond acceptors (Lipinski definition) is 5. The molecule has 5 heteroatoms. The fourth-order valence-electron chi connectivity index (χ4n) is 1.88. The SMILES string of the molecule is C=CC(=O)OCOC1CCC(C(=O)OC)CC1. The summed E-state index contributed by atoms with van der Waals surface area (Å²) < 4.78 is 14.8. The van der Waals surface area contributed by atoms with Gasteiger partial charge in [-0.15, -0.1) is 0 Å². The molecule has 1 saturated carbocycles. The Morgan fingerprint density at radius 1 is 1.29 bits per heavy atom. The Kier molecular flexibility index (Phi) is 5.69. The minimum absolute atomic E-state index is 0.0180. The molecule has 1 aliphatic rings. The van der Waals surface area contributed by atoms with Crippen molar-refractivity contribution >= 4 is 11.9 Å². The van der Waals surface area contributed by atoms with E-state index in [4.69, 9.17) is 14.2 Å². The van der Waals surface area contributed by atoms with Crippen LogP contribution in [0.4, 0.5) is 0 Å². The second-order valence-corrected chi connectivity index (χ2v) is 3.95. The van der Waals surface area contributed by atoms with Crippen LogP contribution in [-0.4, -0.2) is 31.9 Å². The summed E-state index contributed by atoms with van der Waals surface area (Å²) in [5, 5.41) is 0. The Balaban J connectivity index is 2.17. The second-order valence-electron chi connectivity index (χ2n) is 3.95. The lowest BCUT2D eigenvalue weighted by atomic mass is 9.87. The standard InChI is InChI=1S/C12H18O5/c1-3-11(13)17-8-16-10-6-4-9(5-7-10)12(14)15-2/h3,9-10H,1,4-8H2,2H3. The minimum atomic E-state index is -0.492. The summed E-state index contributed by atoms with van der Waals surface area (Å²) in [6.07, 6.45) is 4.22. The van der Waals surface area contributed by atoms with Crippen LogP contribution >= 0.6 is 0 Å². The Morgan fingerprint density at radius 2 is 1.94 bits per heavy atom. The lowest BCUT2D eigenvalue weighted by molar-refractivity contribution is -0.158. The van der Waals surface area contributed by atoms with E-state index in [1.165, 1.54) is 7.11 Å². The zero-order valence-corrected chi connectivity index (χ0v) is 10.0. The third kappa shape index (κ3) is 4.56. The fraction of sp³-hybridized carbons (Fsp3) is 0.667. The molecule has 0 spiro atoms. The van der Waals surface area contributed by atoms with Crippen LogP contribution in [0.25, 0.3) is 0 Å². The maximum absolute atomic E-state index is 11.3. The fourth-order valence-corrected chi connectivity index (χ4v) is 1.88. The van der Waals surface area contributed by atoms with Crippen molar-refractivity contribution in [1.82, 2.24) is 0 Å². The highest BCUT2D eigenvalue weighted by Crippen LogP contribution is 2.26. The van der Waals surface area contributed by atoms with Crippen LogP contribution in [0.2, 0.25) is 0 Å². The van der Waals surface area contributed by atoms with Gasteiger partial charge in [-0.25, -0.2) is 4.79 Å². The van der Waals surface area contributed by atoms with Gasteiger partial charge >= 0.3 is 11.9 Å². The number of rotatable bonds is 5. The van der Waals surface area contributed by atoms with Crippen LogP contribution < -0.4 is 0 Å². The van der Waals surface area contributed by atoms with E-state index in [0.717, 1.165) is 31.8 Å². The predicted octanol–water partition coefficient (Wildman–Crippen LogP) is 1.42. The molecule has 0 amide bonds. The molecule has 0 saturated heterocycles. The van der Waals surface area contributed by atoms with Crippen molar-refractivity contribution in [1.29, 1.82) is 0 Å². The van der Waals surface area contributed by atoms with Crippen LogP contribution in [0.1, 0.15) is 25.7 Å². The molecule has 17 heavy (non-hydrogen) atoms. The van der Waals surface area contributed by atoms with E-state index < -0.39 is 5.97 Å². The van der Waals surface area contributed by atoms with Gasteiger partial charge in [-0.05, 0) is 25.7 Å². The first-order chi connectivity index (χ1) is 8.17. The second kappa shape index (κ2) is 7.06. The Bertz CT molecular complexity index is 279. The van der Waals surface area contributed by atoms with Crippen molar-refractivity contribution in [2.24, 2.45) is 5.92 Å². The Hall–Kier alpha value is -1.36. The highest BCUT2D eigenvalue weighted by Gasteiger charge is 2.27. The van der Waals surface area contributed by atoms with Gasteiger partial charge in [-0.3, -0.25) is 4.79 Å². The molecule has 0 N–H and O–H groups in total. The van der Waals surface area contributed by atoms with Gasteiger partial charge in [-0.2, -0.15) is 0 Å². The molecule has 0 aromatic carbocycles. The molecule has 1 aliphatic carbocycles. The topological polar surface area (TPSA) is 61.8 Å². The monoisotopic (exact) mass is 242 g/mol. The number of esters is 2. The van der Waals surface area contributed by atoms with E-state index in [2.05, 4.69) is 6.58 Å². The molecule has 0 aromatic rings. The zero-order valence-electron chi connectivity index (χ0n) is 10.0. The van der Waals surface area contributed by atoms with Gasteiger partial charge in [0.2, 0.25) is 0 Å². The quantitative estimate of drug-likeness (QED) is 0.414. The van der Waals surface area contributed by atoms with Gasteiger partial charge in [0.25, 0.3) is 0 Å². The van der Waals surface area contributed by atoms with Gasteiger partial charge in [0, 0.05) is 6.08 Å². The lowest BCUT2D eigenvalue weighted by Crippen LogP contribution is -2.27. The van der Waals surface area contributed by atoms with Crippen LogP contribution in [0.3, 0.4) is 0 Å². The molecule has 96 valence electrons. The first-order valence-electron chi connectivity index (χ1n) is 5.66. The zero-order chi connectivity index (χ0) is 12.7. The number of carbonyl (C=O) groups is 2. The average molecular weight is 242 g/mol. The number of methoxy groups -OCH3 is 1. The molecule has 0 atom stereocenters. The number of carbonyl (C=O) groups excluding carboxylic acids is 2. The van der Waals surface area contributed by atoms with E-state index >= 15 is 0 Å². The van der Waals surface area contributed by atoms with Crippen molar-refractivity contribution in [3.63, 3.8) is 0 Å². The maximum Gasteiger partial charge on any atom is 0.332 e. The van der Waals surface area contributed by atoms with E-state index in [1.54, 1.807) is 0 Å². The highest BCUT2D eigenvalue weighted by atomic mass is 16.7. The summed E-state index contributed by atoms with van der Waals surface area (Å²) >= 11 is 0. The molecule has 0 bridgehead atoms. The van der Waals surface area contributed by atoms with Crippen LogP contribution in [0.15, 0.2) is 12.7 Å². The normalized spacial score (nSPS) is 23.8. The number of hydrogen-bond donors (Lipinski definition) is 0. The Labute approximate surface area is 101 Å². The van der Waals surface area contributed by atoms with Gasteiger partial charge in [0.1, 0.15) is 0 Å². The van der Waals surface area contributed by atoms with Crippen molar-refractivity contribution < 1.29 is 23.8 Å². The summed E-state index contributed by atoms with van der Waals surface area (Å²) in [5.74, 6) is -0.662. The summed E-state index contributed by atoms with van der Waals surface area (Å²) in [4.78, 5) is 22.0. The van der Waals surface area contributed by atoms with Gasteiger partial charge in [-0.1, -0.05) is 6.58 Å². The molecule has 1 fully saturated rings. The van der Waals surface area contributed by atoms with E-state index in [9.17, 15) is 9.59 Å². The summed E-state index contributed by atoms with van der Waals surface area (Å²) in [6, 6.07) is 0. The van der Waals surface area contributed by atoms with E-state index in [-0.39, 0.29) is 24.8 Å². The summed E-state index contributed by atoms with van der Waals surface area (Å²) in [7, 11) is 1.40. The van der Waals surface area contributed by atoms with Crippen LogP contribution in [0.5, 0.6) is 0 Å². The summed E-state index contributed by atoms with van der Waals surface area (Å²) in [5.41, 5.74) is 0. The molecular weight excluding hydrogens is 224 g/mol. The van der Waals surface area contributed by atoms with Gasteiger partial charge < -0.3 is 14.2 Å². The molecule has 0 heterocycles. The molecule has 0 unspecified atom stereocenters. The third-order valence-corrected chi connectivity index (χ3v) is 2.88. The Morgan fingerprint density at radius 3 is 2.47 bits per heavy atom. The largest absolute Gasteiger partial charge is 0.469 e. The maximum atomic E-state index is 11.3. The molecule has 0 radical (unpaired) electrons. The van der Waals surface area contributed by atoms with Crippen molar-refractivity contribution in [2.45, 2.75) is 31.8 Å². The molecule has 5 nitrogen and oxygen atoms in total. The van der Waals surface area contributed by atoms with E-state index in [0.29, 0.717) is 0 Å². The molecule has 1 rings (SSSR count). The van der Waals surface area contributed by atoms with Crippen LogP contribution in [-0.2, 0) is 23.8 Å². The van der Waals surface area contributed by atoms with Crippen molar-refractivity contribution in [3.8, 4) is 0 Å².